The number of benzene rings is 1. The van der Waals surface area contributed by atoms with E-state index >= 15 is 0 Å². The zero-order chi connectivity index (χ0) is 13.0. The second-order valence-electron chi connectivity index (χ2n) is 5.13. The van der Waals surface area contributed by atoms with E-state index in [1.54, 1.807) is 7.11 Å². The minimum atomic E-state index is 0.625. The highest BCUT2D eigenvalue weighted by molar-refractivity contribution is 9.10. The fourth-order valence-electron chi connectivity index (χ4n) is 2.78. The van der Waals surface area contributed by atoms with Gasteiger partial charge < -0.3 is 10.1 Å². The highest BCUT2D eigenvalue weighted by atomic mass is 79.9. The molecule has 0 bridgehead atoms. The minimum Gasteiger partial charge on any atom is -0.382 e. The molecule has 1 aromatic carbocycles. The predicted molar refractivity (Wildman–Crippen MR) is 79.9 cm³/mol. The zero-order valence-electron chi connectivity index (χ0n) is 11.2. The molecular weight excluding hydrogens is 290 g/mol. The van der Waals surface area contributed by atoms with Crippen LogP contribution in [0.4, 0.5) is 5.69 Å². The molecule has 1 aromatic rings. The summed E-state index contributed by atoms with van der Waals surface area (Å²) in [7, 11) is 1.74. The third kappa shape index (κ3) is 3.27. The van der Waals surface area contributed by atoms with Crippen LogP contribution < -0.4 is 5.32 Å². The Morgan fingerprint density at radius 1 is 1.39 bits per heavy atom. The molecule has 0 spiro atoms. The first-order valence-electron chi connectivity index (χ1n) is 6.77. The second kappa shape index (κ2) is 6.58. The fraction of sp³-hybridized carbons (Fsp3) is 0.600. The lowest BCUT2D eigenvalue weighted by molar-refractivity contribution is 0.185. The summed E-state index contributed by atoms with van der Waals surface area (Å²) in [5, 5.41) is 3.69. The number of methoxy groups -OCH3 is 1. The van der Waals surface area contributed by atoms with E-state index in [1.165, 1.54) is 36.9 Å². The fourth-order valence-corrected chi connectivity index (χ4v) is 3.26. The summed E-state index contributed by atoms with van der Waals surface area (Å²) < 4.78 is 6.41. The average Bonchev–Trinajstić information content (AvgIpc) is 2.81. The molecular formula is C15H22BrNO. The number of hydrogen-bond acceptors (Lipinski definition) is 2. The first-order chi connectivity index (χ1) is 8.74. The third-order valence-electron chi connectivity index (χ3n) is 3.89. The molecule has 3 heteroatoms. The number of ether oxygens (including phenoxy) is 1. The van der Waals surface area contributed by atoms with Crippen molar-refractivity contribution in [3.63, 3.8) is 0 Å². The summed E-state index contributed by atoms with van der Waals surface area (Å²) >= 11 is 3.60. The van der Waals surface area contributed by atoms with E-state index in [4.69, 9.17) is 4.74 Å². The molecule has 2 rings (SSSR count). The van der Waals surface area contributed by atoms with E-state index in [1.807, 2.05) is 0 Å². The number of hydrogen-bond donors (Lipinski definition) is 1. The van der Waals surface area contributed by atoms with Crippen molar-refractivity contribution in [2.24, 2.45) is 5.92 Å². The SMILES string of the molecule is CCC1CCC(Nc2cccc(Br)c2COC)C1. The third-order valence-corrected chi connectivity index (χ3v) is 4.63. The molecule has 2 nitrogen and oxygen atoms in total. The van der Waals surface area contributed by atoms with E-state index in [9.17, 15) is 0 Å². The van der Waals surface area contributed by atoms with Gasteiger partial charge in [-0.25, -0.2) is 0 Å². The largest absolute Gasteiger partial charge is 0.382 e. The van der Waals surface area contributed by atoms with Gasteiger partial charge in [0.2, 0.25) is 0 Å². The van der Waals surface area contributed by atoms with Crippen molar-refractivity contribution in [3.8, 4) is 0 Å². The smallest absolute Gasteiger partial charge is 0.0744 e. The van der Waals surface area contributed by atoms with Gasteiger partial charge in [0.25, 0.3) is 0 Å². The van der Waals surface area contributed by atoms with E-state index in [0.717, 1.165) is 10.4 Å². The number of halogens is 1. The molecule has 1 saturated carbocycles. The first-order valence-corrected chi connectivity index (χ1v) is 7.56. The van der Waals surface area contributed by atoms with Crippen LogP contribution in [-0.2, 0) is 11.3 Å². The summed E-state index contributed by atoms with van der Waals surface area (Å²) in [4.78, 5) is 0. The van der Waals surface area contributed by atoms with Crippen molar-refractivity contribution in [2.75, 3.05) is 12.4 Å². The van der Waals surface area contributed by atoms with Crippen LogP contribution in [0.3, 0.4) is 0 Å². The molecule has 18 heavy (non-hydrogen) atoms. The predicted octanol–water partition coefficient (Wildman–Crippen LogP) is 4.59. The van der Waals surface area contributed by atoms with Crippen molar-refractivity contribution in [1.29, 1.82) is 0 Å². The van der Waals surface area contributed by atoms with Crippen LogP contribution >= 0.6 is 15.9 Å². The van der Waals surface area contributed by atoms with Crippen LogP contribution in [-0.4, -0.2) is 13.2 Å². The minimum absolute atomic E-state index is 0.625. The van der Waals surface area contributed by atoms with E-state index in [0.29, 0.717) is 12.6 Å². The Morgan fingerprint density at radius 2 is 2.22 bits per heavy atom. The maximum atomic E-state index is 5.29. The van der Waals surface area contributed by atoms with E-state index in [2.05, 4.69) is 46.4 Å². The average molecular weight is 312 g/mol. The number of nitrogens with one attached hydrogen (secondary N) is 1. The van der Waals surface area contributed by atoms with Gasteiger partial charge in [0.15, 0.2) is 0 Å². The molecule has 2 unspecified atom stereocenters. The second-order valence-corrected chi connectivity index (χ2v) is 5.98. The molecule has 0 radical (unpaired) electrons. The van der Waals surface area contributed by atoms with Crippen molar-refractivity contribution in [1.82, 2.24) is 0 Å². The molecule has 1 aliphatic rings. The van der Waals surface area contributed by atoms with Crippen LogP contribution in [0.2, 0.25) is 0 Å². The maximum absolute atomic E-state index is 5.29. The Bertz CT molecular complexity index is 394. The summed E-state index contributed by atoms with van der Waals surface area (Å²) in [6.45, 7) is 2.94. The molecule has 2 atom stereocenters. The van der Waals surface area contributed by atoms with Gasteiger partial charge in [0.05, 0.1) is 6.61 Å². The summed E-state index contributed by atoms with van der Waals surface area (Å²) in [5.74, 6) is 0.903. The van der Waals surface area contributed by atoms with Crippen molar-refractivity contribution < 1.29 is 4.74 Å². The molecule has 1 N–H and O–H groups in total. The molecule has 0 aromatic heterocycles. The Hall–Kier alpha value is -0.540. The maximum Gasteiger partial charge on any atom is 0.0744 e. The molecule has 0 amide bonds. The lowest BCUT2D eigenvalue weighted by Crippen LogP contribution is -2.17. The van der Waals surface area contributed by atoms with Crippen LogP contribution in [0, 0.1) is 5.92 Å². The highest BCUT2D eigenvalue weighted by Gasteiger charge is 2.23. The van der Waals surface area contributed by atoms with Gasteiger partial charge in [-0.15, -0.1) is 0 Å². The highest BCUT2D eigenvalue weighted by Crippen LogP contribution is 2.32. The number of rotatable bonds is 5. The lowest BCUT2D eigenvalue weighted by atomic mass is 10.1. The van der Waals surface area contributed by atoms with Gasteiger partial charge in [0, 0.05) is 28.9 Å². The monoisotopic (exact) mass is 311 g/mol. The topological polar surface area (TPSA) is 21.3 Å². The van der Waals surface area contributed by atoms with Crippen LogP contribution in [0.1, 0.15) is 38.2 Å². The molecule has 0 heterocycles. The zero-order valence-corrected chi connectivity index (χ0v) is 12.8. The van der Waals surface area contributed by atoms with Crippen molar-refractivity contribution in [3.05, 3.63) is 28.2 Å². The van der Waals surface area contributed by atoms with Crippen LogP contribution in [0.25, 0.3) is 0 Å². The van der Waals surface area contributed by atoms with Crippen molar-refractivity contribution in [2.45, 2.75) is 45.3 Å². The molecule has 100 valence electrons. The Labute approximate surface area is 118 Å². The summed E-state index contributed by atoms with van der Waals surface area (Å²) in [6, 6.07) is 6.93. The Morgan fingerprint density at radius 3 is 2.89 bits per heavy atom. The van der Waals surface area contributed by atoms with Gasteiger partial charge in [-0.05, 0) is 37.3 Å². The van der Waals surface area contributed by atoms with Crippen LogP contribution in [0.5, 0.6) is 0 Å². The quantitative estimate of drug-likeness (QED) is 0.859. The molecule has 1 fully saturated rings. The van der Waals surface area contributed by atoms with Gasteiger partial charge in [-0.3, -0.25) is 0 Å². The summed E-state index contributed by atoms with van der Waals surface area (Å²) in [6.07, 6.45) is 5.26. The van der Waals surface area contributed by atoms with Crippen molar-refractivity contribution >= 4 is 21.6 Å². The van der Waals surface area contributed by atoms with Gasteiger partial charge in [0.1, 0.15) is 0 Å². The van der Waals surface area contributed by atoms with Gasteiger partial charge in [-0.2, -0.15) is 0 Å². The summed E-state index contributed by atoms with van der Waals surface area (Å²) in [5.41, 5.74) is 2.44. The first kappa shape index (κ1) is 13.9. The molecule has 0 saturated heterocycles. The number of anilines is 1. The van der Waals surface area contributed by atoms with Crippen LogP contribution in [0.15, 0.2) is 22.7 Å². The Kier molecular flexibility index (Phi) is 5.07. The van der Waals surface area contributed by atoms with E-state index in [-0.39, 0.29) is 0 Å². The normalized spacial score (nSPS) is 23.3. The van der Waals surface area contributed by atoms with Gasteiger partial charge in [-0.1, -0.05) is 35.3 Å². The molecule has 0 aliphatic heterocycles. The van der Waals surface area contributed by atoms with E-state index < -0.39 is 0 Å². The standard InChI is InChI=1S/C15H22BrNO/c1-3-11-7-8-12(9-11)17-15-6-4-5-14(16)13(15)10-18-2/h4-6,11-12,17H,3,7-10H2,1-2H3. The lowest BCUT2D eigenvalue weighted by Gasteiger charge is -2.18. The van der Waals surface area contributed by atoms with Gasteiger partial charge >= 0.3 is 0 Å². The Balaban J connectivity index is 2.07. The molecule has 1 aliphatic carbocycles.